The minimum Gasteiger partial charge on any atom is -0.376 e. The largest absolute Gasteiger partial charge is 0.376 e. The molecule has 3 atom stereocenters. The van der Waals surface area contributed by atoms with E-state index in [1.807, 2.05) is 4.90 Å². The minimum absolute atomic E-state index is 0.0309. The Hall–Kier alpha value is -2.22. The van der Waals surface area contributed by atoms with Crippen molar-refractivity contribution in [2.45, 2.75) is 33.3 Å². The van der Waals surface area contributed by atoms with Crippen LogP contribution in [0.5, 0.6) is 0 Å². The predicted octanol–water partition coefficient (Wildman–Crippen LogP) is 1.31. The van der Waals surface area contributed by atoms with Gasteiger partial charge in [0, 0.05) is 25.4 Å². The highest BCUT2D eigenvalue weighted by atomic mass is 16.5. The van der Waals surface area contributed by atoms with E-state index < -0.39 is 0 Å². The fraction of sp³-hybridized carbons (Fsp3) is 0.625. The third-order valence-corrected chi connectivity index (χ3v) is 4.98. The summed E-state index contributed by atoms with van der Waals surface area (Å²) in [6, 6.07) is 0. The Kier molecular flexibility index (Phi) is 3.64. The van der Waals surface area contributed by atoms with Crippen LogP contribution in [0.25, 0.3) is 0 Å². The van der Waals surface area contributed by atoms with Crippen molar-refractivity contribution in [2.24, 2.45) is 11.8 Å². The maximum atomic E-state index is 12.8. The Morgan fingerprint density at radius 2 is 2.04 bits per heavy atom. The number of aryl methyl sites for hydroxylation is 3. The highest BCUT2D eigenvalue weighted by Crippen LogP contribution is 2.36. The van der Waals surface area contributed by atoms with E-state index >= 15 is 0 Å². The predicted molar refractivity (Wildman–Crippen MR) is 81.3 cm³/mol. The van der Waals surface area contributed by atoms with Crippen LogP contribution in [0.15, 0.2) is 9.05 Å². The van der Waals surface area contributed by atoms with Crippen LogP contribution in [0.3, 0.4) is 0 Å². The molecule has 8 nitrogen and oxygen atoms in total. The van der Waals surface area contributed by atoms with Crippen LogP contribution < -0.4 is 0 Å². The molecular formula is C16H20N4O4. The van der Waals surface area contributed by atoms with E-state index in [1.165, 1.54) is 0 Å². The van der Waals surface area contributed by atoms with Gasteiger partial charge in [0.2, 0.25) is 5.89 Å². The van der Waals surface area contributed by atoms with Gasteiger partial charge in [-0.15, -0.1) is 0 Å². The van der Waals surface area contributed by atoms with Gasteiger partial charge in [-0.1, -0.05) is 10.3 Å². The number of hydrogen-bond donors (Lipinski definition) is 0. The summed E-state index contributed by atoms with van der Waals surface area (Å²) in [5, 5.41) is 7.70. The number of carbonyl (C=O) groups excluding carboxylic acids is 1. The molecular weight excluding hydrogens is 312 g/mol. The molecule has 128 valence electrons. The van der Waals surface area contributed by atoms with Gasteiger partial charge in [0.25, 0.3) is 5.91 Å². The number of ether oxygens (including phenoxy) is 1. The maximum absolute atomic E-state index is 12.8. The molecule has 0 aliphatic carbocycles. The van der Waals surface area contributed by atoms with E-state index in [2.05, 4.69) is 15.3 Å². The summed E-state index contributed by atoms with van der Waals surface area (Å²) >= 11 is 0. The van der Waals surface area contributed by atoms with Crippen LogP contribution in [-0.2, 0) is 11.2 Å². The lowest BCUT2D eigenvalue weighted by Gasteiger charge is -2.19. The molecule has 2 aliphatic heterocycles. The van der Waals surface area contributed by atoms with E-state index in [1.54, 1.807) is 20.8 Å². The fourth-order valence-corrected chi connectivity index (χ4v) is 3.77. The third kappa shape index (κ3) is 2.50. The number of carbonyl (C=O) groups is 1. The number of hydrogen-bond acceptors (Lipinski definition) is 7. The van der Waals surface area contributed by atoms with Crippen molar-refractivity contribution in [3.05, 3.63) is 28.7 Å². The average molecular weight is 332 g/mol. The Labute approximate surface area is 139 Å². The molecule has 2 aromatic rings. The lowest BCUT2D eigenvalue weighted by Crippen LogP contribution is -2.32. The van der Waals surface area contributed by atoms with Crippen LogP contribution in [-0.4, -0.2) is 51.9 Å². The number of fused-ring (bicyclic) bond motifs is 1. The summed E-state index contributed by atoms with van der Waals surface area (Å²) in [6.45, 7) is 7.31. The minimum atomic E-state index is -0.0309. The Balaban J connectivity index is 1.47. The van der Waals surface area contributed by atoms with Crippen LogP contribution >= 0.6 is 0 Å². The van der Waals surface area contributed by atoms with Gasteiger partial charge in [0.15, 0.2) is 5.82 Å². The van der Waals surface area contributed by atoms with Crippen LogP contribution in [0.2, 0.25) is 0 Å². The summed E-state index contributed by atoms with van der Waals surface area (Å²) in [5.74, 6) is 2.39. The van der Waals surface area contributed by atoms with Crippen molar-refractivity contribution < 1.29 is 18.6 Å². The van der Waals surface area contributed by atoms with Gasteiger partial charge in [-0.05, 0) is 26.7 Å². The SMILES string of the molecule is Cc1noc(C[C@H]2CO[C@@H]3CN(C(=O)c4c(C)noc4C)C[C@H]23)n1. The lowest BCUT2D eigenvalue weighted by atomic mass is 9.90. The molecule has 4 heterocycles. The molecule has 2 aliphatic rings. The molecule has 8 heteroatoms. The van der Waals surface area contributed by atoms with E-state index in [0.29, 0.717) is 60.8 Å². The average Bonchev–Trinajstić information content (AvgIpc) is 3.27. The Morgan fingerprint density at radius 1 is 1.21 bits per heavy atom. The molecule has 0 radical (unpaired) electrons. The van der Waals surface area contributed by atoms with E-state index in [9.17, 15) is 4.79 Å². The van der Waals surface area contributed by atoms with E-state index in [-0.39, 0.29) is 17.9 Å². The molecule has 1 amide bonds. The van der Waals surface area contributed by atoms with Crippen molar-refractivity contribution in [3.8, 4) is 0 Å². The van der Waals surface area contributed by atoms with Crippen LogP contribution in [0.1, 0.15) is 33.5 Å². The zero-order chi connectivity index (χ0) is 16.8. The number of likely N-dealkylation sites (tertiary alicyclic amines) is 1. The molecule has 0 unspecified atom stereocenters. The molecule has 24 heavy (non-hydrogen) atoms. The first-order valence-electron chi connectivity index (χ1n) is 8.16. The fourth-order valence-electron chi connectivity index (χ4n) is 3.77. The van der Waals surface area contributed by atoms with Crippen molar-refractivity contribution in [1.82, 2.24) is 20.2 Å². The molecule has 2 fully saturated rings. The number of aromatic nitrogens is 3. The zero-order valence-electron chi connectivity index (χ0n) is 14.0. The smallest absolute Gasteiger partial charge is 0.259 e. The van der Waals surface area contributed by atoms with Crippen molar-refractivity contribution in [1.29, 1.82) is 0 Å². The quantitative estimate of drug-likeness (QED) is 0.836. The van der Waals surface area contributed by atoms with E-state index in [0.717, 1.165) is 0 Å². The van der Waals surface area contributed by atoms with Crippen LogP contribution in [0.4, 0.5) is 0 Å². The second-order valence-electron chi connectivity index (χ2n) is 6.64. The second kappa shape index (κ2) is 5.70. The summed E-state index contributed by atoms with van der Waals surface area (Å²) in [7, 11) is 0. The molecule has 0 bridgehead atoms. The molecule has 0 saturated carbocycles. The third-order valence-electron chi connectivity index (χ3n) is 4.98. The molecule has 2 saturated heterocycles. The Bertz CT molecular complexity index is 748. The summed E-state index contributed by atoms with van der Waals surface area (Å²) < 4.78 is 16.2. The topological polar surface area (TPSA) is 94.5 Å². The lowest BCUT2D eigenvalue weighted by molar-refractivity contribution is 0.0674. The molecule has 4 rings (SSSR count). The first-order chi connectivity index (χ1) is 11.5. The van der Waals surface area contributed by atoms with Crippen LogP contribution in [0, 0.1) is 32.6 Å². The van der Waals surface area contributed by atoms with Gasteiger partial charge in [-0.25, -0.2) is 0 Å². The highest BCUT2D eigenvalue weighted by Gasteiger charge is 2.46. The summed E-state index contributed by atoms with van der Waals surface area (Å²) in [6.07, 6.45) is 0.762. The normalized spacial score (nSPS) is 26.1. The molecule has 0 spiro atoms. The van der Waals surface area contributed by atoms with Gasteiger partial charge >= 0.3 is 0 Å². The highest BCUT2D eigenvalue weighted by molar-refractivity contribution is 5.96. The molecule has 2 aromatic heterocycles. The zero-order valence-corrected chi connectivity index (χ0v) is 14.0. The van der Waals surface area contributed by atoms with Gasteiger partial charge in [-0.3, -0.25) is 4.79 Å². The number of nitrogens with zero attached hydrogens (tertiary/aromatic N) is 4. The molecule has 0 N–H and O–H groups in total. The van der Waals surface area contributed by atoms with E-state index in [4.69, 9.17) is 13.8 Å². The summed E-state index contributed by atoms with van der Waals surface area (Å²) in [5.41, 5.74) is 1.20. The first kappa shape index (κ1) is 15.3. The van der Waals surface area contributed by atoms with Crippen molar-refractivity contribution >= 4 is 5.91 Å². The van der Waals surface area contributed by atoms with Crippen molar-refractivity contribution in [3.63, 3.8) is 0 Å². The number of rotatable bonds is 3. The van der Waals surface area contributed by atoms with Gasteiger partial charge in [0.05, 0.1) is 18.4 Å². The molecule has 0 aromatic carbocycles. The van der Waals surface area contributed by atoms with Gasteiger partial charge in [0.1, 0.15) is 11.3 Å². The monoisotopic (exact) mass is 332 g/mol. The number of amides is 1. The maximum Gasteiger partial charge on any atom is 0.259 e. The first-order valence-corrected chi connectivity index (χ1v) is 8.16. The van der Waals surface area contributed by atoms with Gasteiger partial charge in [-0.2, -0.15) is 4.98 Å². The standard InChI is InChI=1S/C16H20N4O4/c1-8-15(9(2)23-18-8)16(21)20-5-12-11(7-22-13(12)6-20)4-14-17-10(3)19-24-14/h11-13H,4-7H2,1-3H3/t11-,12+,13+/m0/s1. The summed E-state index contributed by atoms with van der Waals surface area (Å²) in [4.78, 5) is 18.9. The second-order valence-corrected chi connectivity index (χ2v) is 6.64. The Morgan fingerprint density at radius 3 is 2.71 bits per heavy atom. The van der Waals surface area contributed by atoms with Crippen molar-refractivity contribution in [2.75, 3.05) is 19.7 Å². The van der Waals surface area contributed by atoms with Gasteiger partial charge < -0.3 is 18.7 Å².